The molecule has 6 heteroatoms. The molecule has 2 unspecified atom stereocenters. The molecule has 0 aromatic rings. The number of aliphatic carboxylic acids is 1. The number of carbonyl (C=O) groups excluding carboxylic acids is 1. The number of likely N-dealkylation sites (tertiary alicyclic amines) is 1. The van der Waals surface area contributed by atoms with Gasteiger partial charge in [-0.25, -0.2) is 0 Å². The van der Waals surface area contributed by atoms with Crippen molar-refractivity contribution < 1.29 is 19.4 Å². The summed E-state index contributed by atoms with van der Waals surface area (Å²) in [6.45, 7) is 1.37. The molecule has 0 radical (unpaired) electrons. The molecule has 102 valence electrons. The molecule has 2 fully saturated rings. The molecule has 0 aliphatic carbocycles. The second-order valence-electron chi connectivity index (χ2n) is 5.02. The summed E-state index contributed by atoms with van der Waals surface area (Å²) in [4.78, 5) is 24.8. The molecular weight excluding hydrogens is 236 g/mol. The van der Waals surface area contributed by atoms with Gasteiger partial charge in [-0.3, -0.25) is 9.59 Å². The zero-order valence-corrected chi connectivity index (χ0v) is 10.4. The molecule has 2 saturated heterocycles. The molecule has 0 aromatic heterocycles. The Labute approximate surface area is 106 Å². The van der Waals surface area contributed by atoms with Crippen molar-refractivity contribution >= 4 is 11.9 Å². The Morgan fingerprint density at radius 2 is 2.11 bits per heavy atom. The number of carbonyl (C=O) groups is 2. The molecule has 0 bridgehead atoms. The standard InChI is InChI=1S/C12H20N2O4/c13-6-9-3-4-10(18-9)11(15)14-5-1-2-8(7-14)12(16)17/h8-10H,1-7,13H2,(H,16,17)/t8-,9?,10?/m0/s1. The highest BCUT2D eigenvalue weighted by Crippen LogP contribution is 2.24. The van der Waals surface area contributed by atoms with E-state index < -0.39 is 18.0 Å². The van der Waals surface area contributed by atoms with E-state index >= 15 is 0 Å². The van der Waals surface area contributed by atoms with Crippen molar-refractivity contribution in [1.29, 1.82) is 0 Å². The summed E-state index contributed by atoms with van der Waals surface area (Å²) < 4.78 is 5.56. The number of carboxylic acids is 1. The van der Waals surface area contributed by atoms with E-state index in [1.807, 2.05) is 0 Å². The first-order valence-electron chi connectivity index (χ1n) is 6.49. The monoisotopic (exact) mass is 256 g/mol. The number of amides is 1. The first-order valence-corrected chi connectivity index (χ1v) is 6.49. The van der Waals surface area contributed by atoms with Gasteiger partial charge in [0.2, 0.25) is 0 Å². The third-order valence-electron chi connectivity index (χ3n) is 3.73. The number of hydrogen-bond donors (Lipinski definition) is 2. The van der Waals surface area contributed by atoms with Crippen molar-refractivity contribution in [3.8, 4) is 0 Å². The number of carboxylic acid groups (broad SMARTS) is 1. The van der Waals surface area contributed by atoms with Crippen molar-refractivity contribution in [1.82, 2.24) is 4.90 Å². The maximum absolute atomic E-state index is 12.2. The van der Waals surface area contributed by atoms with Crippen molar-refractivity contribution in [2.24, 2.45) is 11.7 Å². The third-order valence-corrected chi connectivity index (χ3v) is 3.73. The van der Waals surface area contributed by atoms with Crippen LogP contribution < -0.4 is 5.73 Å². The molecule has 1 amide bonds. The van der Waals surface area contributed by atoms with Gasteiger partial charge in [0.15, 0.2) is 0 Å². The number of nitrogens with zero attached hydrogens (tertiary/aromatic N) is 1. The van der Waals surface area contributed by atoms with E-state index in [1.165, 1.54) is 0 Å². The fourth-order valence-corrected chi connectivity index (χ4v) is 2.64. The van der Waals surface area contributed by atoms with Crippen LogP contribution >= 0.6 is 0 Å². The Morgan fingerprint density at radius 1 is 1.33 bits per heavy atom. The van der Waals surface area contributed by atoms with Gasteiger partial charge in [-0.2, -0.15) is 0 Å². The fourth-order valence-electron chi connectivity index (χ4n) is 2.64. The highest BCUT2D eigenvalue weighted by molar-refractivity contribution is 5.82. The van der Waals surface area contributed by atoms with Gasteiger partial charge < -0.3 is 20.5 Å². The number of rotatable bonds is 3. The SMILES string of the molecule is NCC1CCC(C(=O)N2CCC[C@H](C(=O)O)C2)O1. The van der Waals surface area contributed by atoms with E-state index in [9.17, 15) is 9.59 Å². The molecule has 0 saturated carbocycles. The van der Waals surface area contributed by atoms with Gasteiger partial charge in [0.1, 0.15) is 6.10 Å². The summed E-state index contributed by atoms with van der Waals surface area (Å²) in [5.74, 6) is -1.33. The van der Waals surface area contributed by atoms with Crippen molar-refractivity contribution in [2.75, 3.05) is 19.6 Å². The predicted molar refractivity (Wildman–Crippen MR) is 63.9 cm³/mol. The fraction of sp³-hybridized carbons (Fsp3) is 0.833. The van der Waals surface area contributed by atoms with Crippen LogP contribution in [0.1, 0.15) is 25.7 Å². The zero-order valence-electron chi connectivity index (χ0n) is 10.4. The molecular formula is C12H20N2O4. The van der Waals surface area contributed by atoms with E-state index in [-0.39, 0.29) is 12.0 Å². The molecule has 0 spiro atoms. The van der Waals surface area contributed by atoms with Crippen molar-refractivity contribution in [3.05, 3.63) is 0 Å². The van der Waals surface area contributed by atoms with Crippen LogP contribution in [-0.4, -0.2) is 53.7 Å². The summed E-state index contributed by atoms with van der Waals surface area (Å²) in [5, 5.41) is 9.00. The van der Waals surface area contributed by atoms with Crippen molar-refractivity contribution in [2.45, 2.75) is 37.9 Å². The Bertz CT molecular complexity index is 334. The quantitative estimate of drug-likeness (QED) is 0.730. The second-order valence-corrected chi connectivity index (χ2v) is 5.02. The average Bonchev–Trinajstić information content (AvgIpc) is 2.86. The lowest BCUT2D eigenvalue weighted by atomic mass is 9.97. The van der Waals surface area contributed by atoms with E-state index in [0.717, 1.165) is 12.8 Å². The first-order chi connectivity index (χ1) is 8.61. The van der Waals surface area contributed by atoms with Crippen LogP contribution in [-0.2, 0) is 14.3 Å². The van der Waals surface area contributed by atoms with E-state index in [2.05, 4.69) is 0 Å². The first kappa shape index (κ1) is 13.3. The number of ether oxygens (including phenoxy) is 1. The predicted octanol–water partition coefficient (Wildman–Crippen LogP) is -0.184. The lowest BCUT2D eigenvalue weighted by Gasteiger charge is -2.32. The molecule has 6 nitrogen and oxygen atoms in total. The maximum Gasteiger partial charge on any atom is 0.308 e. The van der Waals surface area contributed by atoms with Gasteiger partial charge in [0.25, 0.3) is 5.91 Å². The minimum absolute atomic E-state index is 0.0287. The zero-order chi connectivity index (χ0) is 13.1. The van der Waals surface area contributed by atoms with Crippen LogP contribution in [0.2, 0.25) is 0 Å². The highest BCUT2D eigenvalue weighted by Gasteiger charge is 2.36. The lowest BCUT2D eigenvalue weighted by molar-refractivity contribution is -0.150. The van der Waals surface area contributed by atoms with Gasteiger partial charge in [-0.1, -0.05) is 0 Å². The molecule has 2 aliphatic rings. The summed E-state index contributed by atoms with van der Waals surface area (Å²) in [5.41, 5.74) is 5.51. The minimum atomic E-state index is -0.820. The Hall–Kier alpha value is -1.14. The normalized spacial score (nSPS) is 32.5. The van der Waals surface area contributed by atoms with Crippen LogP contribution in [0, 0.1) is 5.92 Å². The van der Waals surface area contributed by atoms with Gasteiger partial charge in [-0.05, 0) is 25.7 Å². The van der Waals surface area contributed by atoms with E-state index in [0.29, 0.717) is 32.5 Å². The molecule has 2 aliphatic heterocycles. The summed E-state index contributed by atoms with van der Waals surface area (Å²) in [6.07, 6.45) is 2.44. The number of nitrogens with two attached hydrogens (primary N) is 1. The molecule has 0 aromatic carbocycles. The Balaban J connectivity index is 1.91. The van der Waals surface area contributed by atoms with Crippen LogP contribution in [0.4, 0.5) is 0 Å². The number of piperidine rings is 1. The van der Waals surface area contributed by atoms with E-state index in [1.54, 1.807) is 4.90 Å². The van der Waals surface area contributed by atoms with Gasteiger partial charge in [0, 0.05) is 19.6 Å². The highest BCUT2D eigenvalue weighted by atomic mass is 16.5. The van der Waals surface area contributed by atoms with E-state index in [4.69, 9.17) is 15.6 Å². The molecule has 3 atom stereocenters. The van der Waals surface area contributed by atoms with Crippen LogP contribution in [0.5, 0.6) is 0 Å². The average molecular weight is 256 g/mol. The van der Waals surface area contributed by atoms with Crippen molar-refractivity contribution in [3.63, 3.8) is 0 Å². The number of hydrogen-bond acceptors (Lipinski definition) is 4. The Morgan fingerprint density at radius 3 is 2.72 bits per heavy atom. The topological polar surface area (TPSA) is 92.9 Å². The summed E-state index contributed by atoms with van der Waals surface area (Å²) >= 11 is 0. The second kappa shape index (κ2) is 5.67. The summed E-state index contributed by atoms with van der Waals surface area (Å²) in [6, 6.07) is 0. The molecule has 2 rings (SSSR count). The maximum atomic E-state index is 12.2. The largest absolute Gasteiger partial charge is 0.481 e. The van der Waals surface area contributed by atoms with Crippen LogP contribution in [0.3, 0.4) is 0 Å². The van der Waals surface area contributed by atoms with Gasteiger partial charge in [0.05, 0.1) is 12.0 Å². The molecule has 18 heavy (non-hydrogen) atoms. The van der Waals surface area contributed by atoms with Crippen LogP contribution in [0.25, 0.3) is 0 Å². The van der Waals surface area contributed by atoms with Crippen LogP contribution in [0.15, 0.2) is 0 Å². The molecule has 2 heterocycles. The smallest absolute Gasteiger partial charge is 0.308 e. The third kappa shape index (κ3) is 2.81. The van der Waals surface area contributed by atoms with Gasteiger partial charge >= 0.3 is 5.97 Å². The lowest BCUT2D eigenvalue weighted by Crippen LogP contribution is -2.46. The molecule has 3 N–H and O–H groups in total. The Kier molecular flexibility index (Phi) is 4.19. The van der Waals surface area contributed by atoms with Gasteiger partial charge in [-0.15, -0.1) is 0 Å². The minimum Gasteiger partial charge on any atom is -0.481 e. The summed E-state index contributed by atoms with van der Waals surface area (Å²) in [7, 11) is 0.